The lowest BCUT2D eigenvalue weighted by atomic mass is 10.1. The second-order valence-electron chi connectivity index (χ2n) is 6.11. The summed E-state index contributed by atoms with van der Waals surface area (Å²) in [5.74, 6) is 1.76. The van der Waals surface area contributed by atoms with Crippen molar-refractivity contribution in [1.29, 1.82) is 0 Å². The van der Waals surface area contributed by atoms with Gasteiger partial charge in [-0.25, -0.2) is 0 Å². The van der Waals surface area contributed by atoms with E-state index in [9.17, 15) is 9.90 Å². The van der Waals surface area contributed by atoms with Crippen LogP contribution in [0.15, 0.2) is 30.3 Å². The van der Waals surface area contributed by atoms with Gasteiger partial charge in [0.05, 0.1) is 11.9 Å². The van der Waals surface area contributed by atoms with Crippen LogP contribution in [0, 0.1) is 5.92 Å². The van der Waals surface area contributed by atoms with Crippen LogP contribution in [-0.4, -0.2) is 40.0 Å². The maximum Gasteiger partial charge on any atom is 0.232 e. The minimum absolute atomic E-state index is 0.219. The van der Waals surface area contributed by atoms with E-state index in [1.165, 1.54) is 11.8 Å². The summed E-state index contributed by atoms with van der Waals surface area (Å²) in [6.07, 6.45) is 1.80. The topological polar surface area (TPSA) is 40.5 Å². The smallest absolute Gasteiger partial charge is 0.232 e. The summed E-state index contributed by atoms with van der Waals surface area (Å²) in [6.45, 7) is 5.15. The van der Waals surface area contributed by atoms with Gasteiger partial charge in [0, 0.05) is 18.3 Å². The van der Waals surface area contributed by atoms with Gasteiger partial charge in [-0.05, 0) is 24.3 Å². The molecule has 1 aromatic carbocycles. The van der Waals surface area contributed by atoms with Crippen LogP contribution in [0.1, 0.15) is 38.4 Å². The Morgan fingerprint density at radius 2 is 2.00 bits per heavy atom. The van der Waals surface area contributed by atoms with Crippen molar-refractivity contribution in [2.45, 2.75) is 38.8 Å². The molecule has 1 unspecified atom stereocenters. The summed E-state index contributed by atoms with van der Waals surface area (Å²) >= 11 is 1.52. The van der Waals surface area contributed by atoms with Gasteiger partial charge in [0.1, 0.15) is 0 Å². The van der Waals surface area contributed by atoms with Gasteiger partial charge in [-0.2, -0.15) is 0 Å². The molecule has 0 saturated heterocycles. The fourth-order valence-corrected chi connectivity index (χ4v) is 3.22. The number of hydrogen-bond acceptors (Lipinski definition) is 3. The number of benzene rings is 1. The highest BCUT2D eigenvalue weighted by atomic mass is 32.2. The third kappa shape index (κ3) is 5.36. The number of carbonyl (C=O) groups is 1. The zero-order valence-corrected chi connectivity index (χ0v) is 13.7. The van der Waals surface area contributed by atoms with E-state index in [0.717, 1.165) is 24.9 Å². The van der Waals surface area contributed by atoms with E-state index in [-0.39, 0.29) is 5.91 Å². The molecule has 0 radical (unpaired) electrons. The Hall–Kier alpha value is -1.00. The van der Waals surface area contributed by atoms with Crippen molar-refractivity contribution in [2.24, 2.45) is 5.92 Å². The molecule has 0 spiro atoms. The third-order valence-corrected chi connectivity index (χ3v) is 4.56. The first-order chi connectivity index (χ1) is 10.1. The number of hydrogen-bond donors (Lipinski definition) is 1. The molecule has 1 aliphatic carbocycles. The van der Waals surface area contributed by atoms with E-state index >= 15 is 0 Å². The monoisotopic (exact) mass is 307 g/mol. The number of thioether (sulfide) groups is 1. The van der Waals surface area contributed by atoms with Gasteiger partial charge in [0.25, 0.3) is 0 Å². The molecule has 2 rings (SSSR count). The normalized spacial score (nSPS) is 16.0. The minimum atomic E-state index is -0.497. The predicted molar refractivity (Wildman–Crippen MR) is 88.3 cm³/mol. The molecule has 3 nitrogen and oxygen atoms in total. The van der Waals surface area contributed by atoms with Crippen molar-refractivity contribution in [2.75, 3.05) is 18.1 Å². The van der Waals surface area contributed by atoms with Gasteiger partial charge in [-0.15, -0.1) is 11.8 Å². The fourth-order valence-electron chi connectivity index (χ4n) is 2.35. The van der Waals surface area contributed by atoms with Crippen LogP contribution in [0.3, 0.4) is 0 Å². The Kier molecular flexibility index (Phi) is 6.12. The van der Waals surface area contributed by atoms with Gasteiger partial charge in [-0.1, -0.05) is 44.2 Å². The van der Waals surface area contributed by atoms with Gasteiger partial charge in [-0.3, -0.25) is 4.79 Å². The molecule has 116 valence electrons. The Bertz CT molecular complexity index is 445. The second kappa shape index (κ2) is 7.85. The summed E-state index contributed by atoms with van der Waals surface area (Å²) in [7, 11) is 0. The highest BCUT2D eigenvalue weighted by molar-refractivity contribution is 7.99. The Morgan fingerprint density at radius 3 is 2.57 bits per heavy atom. The zero-order chi connectivity index (χ0) is 15.2. The molecule has 1 fully saturated rings. The van der Waals surface area contributed by atoms with E-state index in [4.69, 9.17) is 0 Å². The van der Waals surface area contributed by atoms with Crippen LogP contribution in [-0.2, 0) is 4.79 Å². The van der Waals surface area contributed by atoms with E-state index in [1.807, 2.05) is 35.2 Å². The summed E-state index contributed by atoms with van der Waals surface area (Å²) in [4.78, 5) is 14.3. The number of aliphatic hydroxyl groups is 1. The highest BCUT2D eigenvalue weighted by Crippen LogP contribution is 2.28. The lowest BCUT2D eigenvalue weighted by Gasteiger charge is -2.24. The summed E-state index contributed by atoms with van der Waals surface area (Å²) in [5, 5.41) is 10.1. The molecule has 21 heavy (non-hydrogen) atoms. The van der Waals surface area contributed by atoms with Crippen LogP contribution < -0.4 is 0 Å². The molecule has 0 aliphatic heterocycles. The third-order valence-electron chi connectivity index (χ3n) is 3.56. The number of nitrogens with zero attached hydrogens (tertiary/aromatic N) is 1. The van der Waals surface area contributed by atoms with Crippen molar-refractivity contribution in [3.63, 3.8) is 0 Å². The second-order valence-corrected chi connectivity index (χ2v) is 7.14. The quantitative estimate of drug-likeness (QED) is 0.802. The Labute approximate surface area is 131 Å². The van der Waals surface area contributed by atoms with Gasteiger partial charge < -0.3 is 10.0 Å². The van der Waals surface area contributed by atoms with Crippen LogP contribution in [0.25, 0.3) is 0 Å². The van der Waals surface area contributed by atoms with Crippen LogP contribution in [0.2, 0.25) is 0 Å². The first-order valence-corrected chi connectivity index (χ1v) is 8.83. The van der Waals surface area contributed by atoms with Crippen LogP contribution >= 0.6 is 11.8 Å². The molecular weight excluding hydrogens is 282 g/mol. The van der Waals surface area contributed by atoms with Crippen molar-refractivity contribution in [3.05, 3.63) is 35.9 Å². The lowest BCUT2D eigenvalue weighted by molar-refractivity contribution is -0.129. The number of rotatable bonds is 8. The zero-order valence-electron chi connectivity index (χ0n) is 12.9. The Balaban J connectivity index is 1.75. The maximum absolute atomic E-state index is 12.3. The Morgan fingerprint density at radius 1 is 1.33 bits per heavy atom. The van der Waals surface area contributed by atoms with Gasteiger partial charge in [0.2, 0.25) is 5.91 Å². The van der Waals surface area contributed by atoms with Crippen LogP contribution in [0.4, 0.5) is 0 Å². The average molecular weight is 307 g/mol. The van der Waals surface area contributed by atoms with Crippen molar-refractivity contribution in [3.8, 4) is 0 Å². The summed E-state index contributed by atoms with van der Waals surface area (Å²) in [5.41, 5.74) is 0.915. The highest BCUT2D eigenvalue weighted by Gasteiger charge is 2.32. The maximum atomic E-state index is 12.3. The van der Waals surface area contributed by atoms with Gasteiger partial charge in [0.15, 0.2) is 0 Å². The standard InChI is InChI=1S/C17H25NO2S/c1-13(2)10-18(15-8-9-15)17(20)12-21-11-16(19)14-6-4-3-5-7-14/h3-7,13,15-16,19H,8-12H2,1-2H3. The average Bonchev–Trinajstić information content (AvgIpc) is 3.29. The molecule has 0 aromatic heterocycles. The number of carbonyl (C=O) groups excluding carboxylic acids is 1. The largest absolute Gasteiger partial charge is 0.388 e. The number of amides is 1. The first kappa shape index (κ1) is 16.4. The van der Waals surface area contributed by atoms with E-state index in [0.29, 0.717) is 23.5 Å². The van der Waals surface area contributed by atoms with E-state index in [1.54, 1.807) is 0 Å². The fraction of sp³-hybridized carbons (Fsp3) is 0.588. The molecule has 1 N–H and O–H groups in total. The molecule has 4 heteroatoms. The van der Waals surface area contributed by atoms with Gasteiger partial charge >= 0.3 is 0 Å². The van der Waals surface area contributed by atoms with Crippen LogP contribution in [0.5, 0.6) is 0 Å². The molecule has 1 aliphatic rings. The molecule has 1 amide bonds. The molecule has 1 atom stereocenters. The molecule has 1 aromatic rings. The summed E-state index contributed by atoms with van der Waals surface area (Å²) < 4.78 is 0. The molecular formula is C17H25NO2S. The lowest BCUT2D eigenvalue weighted by Crippen LogP contribution is -2.37. The van der Waals surface area contributed by atoms with Crippen molar-refractivity contribution < 1.29 is 9.90 Å². The van der Waals surface area contributed by atoms with E-state index < -0.39 is 6.10 Å². The minimum Gasteiger partial charge on any atom is -0.388 e. The number of aliphatic hydroxyl groups excluding tert-OH is 1. The SMILES string of the molecule is CC(C)CN(C(=O)CSCC(O)c1ccccc1)C1CC1. The van der Waals surface area contributed by atoms with Crippen molar-refractivity contribution in [1.82, 2.24) is 4.90 Å². The van der Waals surface area contributed by atoms with Crippen molar-refractivity contribution >= 4 is 17.7 Å². The molecule has 0 bridgehead atoms. The van der Waals surface area contributed by atoms with E-state index in [2.05, 4.69) is 13.8 Å². The molecule has 0 heterocycles. The predicted octanol–water partition coefficient (Wildman–Crippen LogP) is 3.10. The molecule has 1 saturated carbocycles. The first-order valence-electron chi connectivity index (χ1n) is 7.68. The summed E-state index contributed by atoms with van der Waals surface area (Å²) in [6, 6.07) is 10.1.